The molecule has 1 atom stereocenters. The van der Waals surface area contributed by atoms with Crippen molar-refractivity contribution in [2.24, 2.45) is 0 Å². The first-order chi connectivity index (χ1) is 18.5. The number of hydrogen-bond acceptors (Lipinski definition) is 8. The Morgan fingerprint density at radius 1 is 1.11 bits per heavy atom. The minimum Gasteiger partial charge on any atom is -0.493 e. The molecule has 0 saturated heterocycles. The second-order valence-corrected chi connectivity index (χ2v) is 9.89. The molecule has 0 bridgehead atoms. The lowest BCUT2D eigenvalue weighted by atomic mass is 9.94. The SMILES string of the molecule is CCCCOc1ccc(C2C(C(=O)Nc3ccccc3OCC)=C(C)Nc3nc(SCC)nn32)cc1OC. The summed E-state index contributed by atoms with van der Waals surface area (Å²) in [7, 11) is 1.62. The minimum absolute atomic E-state index is 0.264. The van der Waals surface area contributed by atoms with E-state index in [0.717, 1.165) is 24.2 Å². The number of carbonyl (C=O) groups excluding carboxylic acids is 1. The number of methoxy groups -OCH3 is 1. The summed E-state index contributed by atoms with van der Waals surface area (Å²) in [6, 6.07) is 12.6. The van der Waals surface area contributed by atoms with E-state index in [0.29, 0.717) is 58.5 Å². The molecule has 1 unspecified atom stereocenters. The maximum atomic E-state index is 13.9. The zero-order chi connectivity index (χ0) is 27.1. The Kier molecular flexibility index (Phi) is 9.17. The average molecular weight is 538 g/mol. The number of hydrogen-bond donors (Lipinski definition) is 2. The monoisotopic (exact) mass is 537 g/mol. The molecule has 1 amide bonds. The fourth-order valence-electron chi connectivity index (χ4n) is 4.26. The molecular weight excluding hydrogens is 502 g/mol. The van der Waals surface area contributed by atoms with Gasteiger partial charge >= 0.3 is 0 Å². The number of ether oxygens (including phenoxy) is 3. The molecule has 10 heteroatoms. The summed E-state index contributed by atoms with van der Waals surface area (Å²) < 4.78 is 19.1. The largest absolute Gasteiger partial charge is 0.493 e. The Labute approximate surface area is 228 Å². The van der Waals surface area contributed by atoms with Crippen molar-refractivity contribution in [1.29, 1.82) is 0 Å². The molecule has 0 radical (unpaired) electrons. The number of anilines is 2. The van der Waals surface area contributed by atoms with E-state index in [1.165, 1.54) is 0 Å². The second kappa shape index (κ2) is 12.7. The Hall–Kier alpha value is -3.66. The third-order valence-electron chi connectivity index (χ3n) is 6.05. The molecule has 1 aliphatic heterocycles. The Morgan fingerprint density at radius 2 is 1.92 bits per heavy atom. The van der Waals surface area contributed by atoms with Crippen molar-refractivity contribution in [1.82, 2.24) is 14.8 Å². The molecule has 2 N–H and O–H groups in total. The Morgan fingerprint density at radius 3 is 2.66 bits per heavy atom. The highest BCUT2D eigenvalue weighted by Gasteiger charge is 2.35. The predicted octanol–water partition coefficient (Wildman–Crippen LogP) is 5.90. The van der Waals surface area contributed by atoms with Gasteiger partial charge in [-0.05, 0) is 55.9 Å². The van der Waals surface area contributed by atoms with Crippen molar-refractivity contribution in [3.8, 4) is 17.2 Å². The van der Waals surface area contributed by atoms with Gasteiger partial charge in [-0.1, -0.05) is 50.2 Å². The van der Waals surface area contributed by atoms with Crippen LogP contribution in [0.5, 0.6) is 17.2 Å². The van der Waals surface area contributed by atoms with Crippen molar-refractivity contribution >= 4 is 29.3 Å². The van der Waals surface area contributed by atoms with Crippen LogP contribution in [0.15, 0.2) is 58.9 Å². The molecule has 0 fully saturated rings. The zero-order valence-electron chi connectivity index (χ0n) is 22.5. The number of nitrogens with one attached hydrogen (secondary N) is 2. The number of nitrogens with zero attached hydrogens (tertiary/aromatic N) is 3. The van der Waals surface area contributed by atoms with Gasteiger partial charge in [-0.25, -0.2) is 4.68 Å². The van der Waals surface area contributed by atoms with E-state index in [1.807, 2.05) is 56.3 Å². The normalized spacial score (nSPS) is 14.5. The van der Waals surface area contributed by atoms with Crippen LogP contribution in [0.3, 0.4) is 0 Å². The van der Waals surface area contributed by atoms with E-state index in [-0.39, 0.29) is 5.91 Å². The number of allylic oxidation sites excluding steroid dienone is 1. The molecule has 2 aromatic carbocycles. The molecular formula is C28H35N5O4S. The highest BCUT2D eigenvalue weighted by atomic mass is 32.2. The van der Waals surface area contributed by atoms with Crippen molar-refractivity contribution < 1.29 is 19.0 Å². The van der Waals surface area contributed by atoms with E-state index >= 15 is 0 Å². The van der Waals surface area contributed by atoms with Gasteiger partial charge in [0.1, 0.15) is 11.8 Å². The second-order valence-electron chi connectivity index (χ2n) is 8.66. The zero-order valence-corrected chi connectivity index (χ0v) is 23.4. The van der Waals surface area contributed by atoms with Gasteiger partial charge in [-0.15, -0.1) is 5.10 Å². The van der Waals surface area contributed by atoms with E-state index in [1.54, 1.807) is 23.6 Å². The van der Waals surface area contributed by atoms with Crippen LogP contribution in [0.2, 0.25) is 0 Å². The van der Waals surface area contributed by atoms with Gasteiger partial charge in [-0.2, -0.15) is 4.98 Å². The summed E-state index contributed by atoms with van der Waals surface area (Å²) in [4.78, 5) is 18.5. The van der Waals surface area contributed by atoms with E-state index in [9.17, 15) is 4.79 Å². The summed E-state index contributed by atoms with van der Waals surface area (Å²) in [6.07, 6.45) is 1.99. The summed E-state index contributed by atoms with van der Waals surface area (Å²) in [5, 5.41) is 11.7. The smallest absolute Gasteiger partial charge is 0.255 e. The van der Waals surface area contributed by atoms with Crippen molar-refractivity contribution in [2.45, 2.75) is 51.7 Å². The van der Waals surface area contributed by atoms with Crippen LogP contribution in [-0.4, -0.2) is 46.7 Å². The molecule has 38 heavy (non-hydrogen) atoms. The van der Waals surface area contributed by atoms with Crippen LogP contribution in [0.4, 0.5) is 11.6 Å². The molecule has 1 aromatic heterocycles. The Balaban J connectivity index is 1.76. The van der Waals surface area contributed by atoms with Gasteiger partial charge in [-0.3, -0.25) is 4.79 Å². The van der Waals surface area contributed by atoms with Gasteiger partial charge in [0.25, 0.3) is 5.91 Å². The first-order valence-electron chi connectivity index (χ1n) is 12.9. The number of benzene rings is 2. The molecule has 202 valence electrons. The number of unbranched alkanes of at least 4 members (excludes halogenated alkanes) is 1. The van der Waals surface area contributed by atoms with Crippen LogP contribution < -0.4 is 24.8 Å². The number of fused-ring (bicyclic) bond motifs is 1. The maximum Gasteiger partial charge on any atom is 0.255 e. The van der Waals surface area contributed by atoms with Crippen molar-refractivity contribution in [2.75, 3.05) is 36.7 Å². The van der Waals surface area contributed by atoms with Crippen LogP contribution in [0, 0.1) is 0 Å². The summed E-state index contributed by atoms with van der Waals surface area (Å²) in [6.45, 7) is 9.06. The summed E-state index contributed by atoms with van der Waals surface area (Å²) >= 11 is 1.54. The first kappa shape index (κ1) is 27.4. The predicted molar refractivity (Wildman–Crippen MR) is 151 cm³/mol. The van der Waals surface area contributed by atoms with Gasteiger partial charge in [0.15, 0.2) is 11.5 Å². The Bertz CT molecular complexity index is 1310. The van der Waals surface area contributed by atoms with Crippen LogP contribution >= 0.6 is 11.8 Å². The van der Waals surface area contributed by atoms with Crippen molar-refractivity contribution in [3.63, 3.8) is 0 Å². The number of carbonyl (C=O) groups is 1. The van der Waals surface area contributed by atoms with Crippen LogP contribution in [0.25, 0.3) is 0 Å². The maximum absolute atomic E-state index is 13.9. The molecule has 1 aliphatic rings. The third-order valence-corrected chi connectivity index (χ3v) is 6.76. The number of amides is 1. The molecule has 0 spiro atoms. The molecule has 0 saturated carbocycles. The number of thioether (sulfide) groups is 1. The topological polar surface area (TPSA) is 99.5 Å². The van der Waals surface area contributed by atoms with Crippen LogP contribution in [-0.2, 0) is 4.79 Å². The molecule has 2 heterocycles. The standard InChI is InChI=1S/C28H35N5O4S/c1-6-9-16-37-22-15-14-19(17-23(22)35-5)25-24(18(4)29-27-31-28(38-8-3)32-33(25)27)26(34)30-20-12-10-11-13-21(20)36-7-2/h10-15,17,25H,6-9,16H2,1-5H3,(H,30,34)(H,29,31,32). The fraction of sp³-hybridized carbons (Fsp3) is 0.393. The highest BCUT2D eigenvalue weighted by Crippen LogP contribution is 2.40. The van der Waals surface area contributed by atoms with Gasteiger partial charge in [0.2, 0.25) is 11.1 Å². The molecule has 4 rings (SSSR count). The first-order valence-corrected chi connectivity index (χ1v) is 13.9. The van der Waals surface area contributed by atoms with Crippen molar-refractivity contribution in [3.05, 3.63) is 59.3 Å². The number of aromatic nitrogens is 3. The molecule has 9 nitrogen and oxygen atoms in total. The quantitative estimate of drug-likeness (QED) is 0.218. The van der Waals surface area contributed by atoms with E-state index in [2.05, 4.69) is 29.5 Å². The third kappa shape index (κ3) is 5.91. The van der Waals surface area contributed by atoms with Gasteiger partial charge in [0, 0.05) is 5.70 Å². The number of para-hydroxylation sites is 2. The van der Waals surface area contributed by atoms with E-state index in [4.69, 9.17) is 19.3 Å². The molecule has 0 aliphatic carbocycles. The minimum atomic E-state index is -0.539. The average Bonchev–Trinajstić information content (AvgIpc) is 3.31. The lowest BCUT2D eigenvalue weighted by molar-refractivity contribution is -0.113. The fourth-order valence-corrected chi connectivity index (χ4v) is 4.82. The van der Waals surface area contributed by atoms with Crippen LogP contribution in [0.1, 0.15) is 52.1 Å². The molecule has 3 aromatic rings. The summed E-state index contributed by atoms with van der Waals surface area (Å²) in [5.41, 5.74) is 2.63. The van der Waals surface area contributed by atoms with Gasteiger partial charge in [0.05, 0.1) is 31.6 Å². The lowest BCUT2D eigenvalue weighted by Gasteiger charge is -2.29. The summed E-state index contributed by atoms with van der Waals surface area (Å²) in [5.74, 6) is 3.02. The number of rotatable bonds is 12. The highest BCUT2D eigenvalue weighted by molar-refractivity contribution is 7.99. The van der Waals surface area contributed by atoms with E-state index < -0.39 is 6.04 Å². The lowest BCUT2D eigenvalue weighted by Crippen LogP contribution is -2.31. The van der Waals surface area contributed by atoms with Gasteiger partial charge < -0.3 is 24.8 Å².